The van der Waals surface area contributed by atoms with Crippen LogP contribution in [0.4, 0.5) is 0 Å². The lowest BCUT2D eigenvalue weighted by atomic mass is 10.1. The molecule has 0 aromatic heterocycles. The Kier molecular flexibility index (Phi) is 4.47. The first-order valence-electron chi connectivity index (χ1n) is 4.02. The van der Waals surface area contributed by atoms with Gasteiger partial charge in [-0.05, 0) is 20.3 Å². The molecule has 0 aromatic carbocycles. The Bertz CT molecular complexity index is 166. The Hall–Kier alpha value is -0.930. The van der Waals surface area contributed by atoms with Gasteiger partial charge in [0.2, 0.25) is 0 Å². The molecule has 0 aliphatic heterocycles. The zero-order valence-electron chi connectivity index (χ0n) is 7.79. The zero-order valence-corrected chi connectivity index (χ0v) is 7.79. The topological polar surface area (TPSA) is 55.7 Å². The summed E-state index contributed by atoms with van der Waals surface area (Å²) in [6, 6.07) is 0. The second-order valence-electron chi connectivity index (χ2n) is 3.31. The van der Waals surface area contributed by atoms with E-state index >= 15 is 0 Å². The average molecular weight is 173 g/mol. The summed E-state index contributed by atoms with van der Waals surface area (Å²) in [6.07, 6.45) is 1.16. The monoisotopic (exact) mass is 173 g/mol. The van der Waals surface area contributed by atoms with Gasteiger partial charge in [0.15, 0.2) is 0 Å². The molecular formula is C8H15NO3. The van der Waals surface area contributed by atoms with Crippen molar-refractivity contribution in [3.05, 3.63) is 4.91 Å². The van der Waals surface area contributed by atoms with Gasteiger partial charge in [-0.25, -0.2) is 0 Å². The van der Waals surface area contributed by atoms with Crippen molar-refractivity contribution >= 4 is 5.97 Å². The molecule has 70 valence electrons. The summed E-state index contributed by atoms with van der Waals surface area (Å²) in [5.41, 5.74) is -0.802. The number of nitrogens with zero attached hydrogens (tertiary/aromatic N) is 1. The highest BCUT2D eigenvalue weighted by Crippen LogP contribution is 2.08. The van der Waals surface area contributed by atoms with E-state index in [0.717, 1.165) is 6.42 Å². The van der Waals surface area contributed by atoms with E-state index in [9.17, 15) is 9.70 Å². The van der Waals surface area contributed by atoms with Gasteiger partial charge in [-0.1, -0.05) is 12.1 Å². The van der Waals surface area contributed by atoms with Crippen molar-refractivity contribution in [1.82, 2.24) is 0 Å². The zero-order chi connectivity index (χ0) is 9.61. The smallest absolute Gasteiger partial charge is 0.305 e. The molecule has 0 saturated heterocycles. The van der Waals surface area contributed by atoms with E-state index in [1.807, 2.05) is 6.92 Å². The van der Waals surface area contributed by atoms with Crippen molar-refractivity contribution in [1.29, 1.82) is 0 Å². The third kappa shape index (κ3) is 4.82. The molecule has 0 aromatic rings. The molecule has 4 heteroatoms. The lowest BCUT2D eigenvalue weighted by Crippen LogP contribution is -2.25. The third-order valence-electron chi connectivity index (χ3n) is 1.29. The molecule has 0 fully saturated rings. The van der Waals surface area contributed by atoms with E-state index in [2.05, 4.69) is 5.18 Å². The van der Waals surface area contributed by atoms with Crippen LogP contribution in [-0.2, 0) is 9.53 Å². The summed E-state index contributed by atoms with van der Waals surface area (Å²) in [4.78, 5) is 21.0. The maximum Gasteiger partial charge on any atom is 0.305 e. The van der Waals surface area contributed by atoms with Crippen LogP contribution in [0.5, 0.6) is 0 Å². The molecule has 0 spiro atoms. The SMILES string of the molecule is CCCC(=O)OCC(C)(C)N=O. The molecule has 0 amide bonds. The van der Waals surface area contributed by atoms with Crippen molar-refractivity contribution in [3.8, 4) is 0 Å². The molecule has 0 aliphatic rings. The van der Waals surface area contributed by atoms with Gasteiger partial charge in [-0.2, -0.15) is 4.91 Å². The van der Waals surface area contributed by atoms with Gasteiger partial charge in [-0.15, -0.1) is 0 Å². The second kappa shape index (κ2) is 4.85. The molecule has 0 unspecified atom stereocenters. The highest BCUT2D eigenvalue weighted by molar-refractivity contribution is 5.69. The number of carbonyl (C=O) groups excluding carboxylic acids is 1. The van der Waals surface area contributed by atoms with E-state index in [-0.39, 0.29) is 12.6 Å². The highest BCUT2D eigenvalue weighted by atomic mass is 16.5. The van der Waals surface area contributed by atoms with E-state index in [4.69, 9.17) is 4.74 Å². The van der Waals surface area contributed by atoms with E-state index in [1.54, 1.807) is 13.8 Å². The van der Waals surface area contributed by atoms with Crippen LogP contribution >= 0.6 is 0 Å². The lowest BCUT2D eigenvalue weighted by molar-refractivity contribution is -0.145. The average Bonchev–Trinajstić information content (AvgIpc) is 2.02. The maximum atomic E-state index is 10.8. The van der Waals surface area contributed by atoms with Gasteiger partial charge in [0.1, 0.15) is 12.1 Å². The molecule has 0 radical (unpaired) electrons. The fourth-order valence-electron chi connectivity index (χ4n) is 0.560. The van der Waals surface area contributed by atoms with Crippen molar-refractivity contribution in [3.63, 3.8) is 0 Å². The van der Waals surface area contributed by atoms with Gasteiger partial charge in [0.05, 0.1) is 0 Å². The minimum absolute atomic E-state index is 0.0648. The fourth-order valence-corrected chi connectivity index (χ4v) is 0.560. The Morgan fingerprint density at radius 3 is 2.50 bits per heavy atom. The molecule has 4 nitrogen and oxygen atoms in total. The van der Waals surface area contributed by atoms with Crippen LogP contribution in [0.25, 0.3) is 0 Å². The van der Waals surface area contributed by atoms with E-state index < -0.39 is 5.54 Å². The van der Waals surface area contributed by atoms with Crippen LogP contribution < -0.4 is 0 Å². The van der Waals surface area contributed by atoms with Gasteiger partial charge < -0.3 is 4.74 Å². The summed E-state index contributed by atoms with van der Waals surface area (Å²) < 4.78 is 4.81. The van der Waals surface area contributed by atoms with Crippen molar-refractivity contribution < 1.29 is 9.53 Å². The summed E-state index contributed by atoms with van der Waals surface area (Å²) in [7, 11) is 0. The third-order valence-corrected chi connectivity index (χ3v) is 1.29. The summed E-state index contributed by atoms with van der Waals surface area (Å²) in [5, 5.41) is 2.83. The Morgan fingerprint density at radius 2 is 2.08 bits per heavy atom. The van der Waals surface area contributed by atoms with Crippen LogP contribution in [0.2, 0.25) is 0 Å². The number of hydrogen-bond acceptors (Lipinski definition) is 4. The number of hydrogen-bond donors (Lipinski definition) is 0. The molecule has 0 aliphatic carbocycles. The maximum absolute atomic E-state index is 10.8. The number of ether oxygens (including phenoxy) is 1. The molecular weight excluding hydrogens is 158 g/mol. The minimum atomic E-state index is -0.802. The first-order valence-corrected chi connectivity index (χ1v) is 4.02. The Morgan fingerprint density at radius 1 is 1.50 bits per heavy atom. The second-order valence-corrected chi connectivity index (χ2v) is 3.31. The molecule has 12 heavy (non-hydrogen) atoms. The number of carbonyl (C=O) groups is 1. The van der Waals surface area contributed by atoms with Crippen LogP contribution in [-0.4, -0.2) is 18.1 Å². The number of esters is 1. The first-order chi connectivity index (χ1) is 5.52. The molecule has 0 saturated carbocycles. The van der Waals surface area contributed by atoms with Gasteiger partial charge in [0.25, 0.3) is 0 Å². The molecule has 0 heterocycles. The van der Waals surface area contributed by atoms with Crippen molar-refractivity contribution in [2.24, 2.45) is 5.18 Å². The molecule has 0 rings (SSSR count). The highest BCUT2D eigenvalue weighted by Gasteiger charge is 2.20. The van der Waals surface area contributed by atoms with Crippen molar-refractivity contribution in [2.45, 2.75) is 39.2 Å². The Balaban J connectivity index is 3.67. The number of rotatable bonds is 5. The van der Waals surface area contributed by atoms with Crippen molar-refractivity contribution in [2.75, 3.05) is 6.61 Å². The molecule has 0 bridgehead atoms. The van der Waals surface area contributed by atoms with E-state index in [1.165, 1.54) is 0 Å². The standard InChI is InChI=1S/C8H15NO3/c1-4-5-7(10)12-6-8(2,3)9-11/h4-6H2,1-3H3. The summed E-state index contributed by atoms with van der Waals surface area (Å²) in [5.74, 6) is -0.269. The van der Waals surface area contributed by atoms with E-state index in [0.29, 0.717) is 6.42 Å². The molecule has 0 atom stereocenters. The van der Waals surface area contributed by atoms with Gasteiger partial charge in [0, 0.05) is 6.42 Å². The largest absolute Gasteiger partial charge is 0.463 e. The quantitative estimate of drug-likeness (QED) is 0.471. The predicted octanol–water partition coefficient (Wildman–Crippen LogP) is 1.87. The minimum Gasteiger partial charge on any atom is -0.463 e. The molecule has 0 N–H and O–H groups in total. The van der Waals surface area contributed by atoms with Crippen LogP contribution in [0.3, 0.4) is 0 Å². The number of nitroso groups, excluding NO2 is 1. The van der Waals surface area contributed by atoms with Crippen LogP contribution in [0.1, 0.15) is 33.6 Å². The summed E-state index contributed by atoms with van der Waals surface area (Å²) in [6.45, 7) is 5.21. The Labute approximate surface area is 72.3 Å². The van der Waals surface area contributed by atoms with Gasteiger partial charge in [-0.3, -0.25) is 4.79 Å². The van der Waals surface area contributed by atoms with Gasteiger partial charge >= 0.3 is 5.97 Å². The fraction of sp³-hybridized carbons (Fsp3) is 0.875. The van der Waals surface area contributed by atoms with Crippen LogP contribution in [0.15, 0.2) is 5.18 Å². The predicted molar refractivity (Wildman–Crippen MR) is 45.7 cm³/mol. The first kappa shape index (κ1) is 11.1. The normalized spacial score (nSPS) is 10.9. The lowest BCUT2D eigenvalue weighted by Gasteiger charge is -2.14. The summed E-state index contributed by atoms with van der Waals surface area (Å²) >= 11 is 0. The van der Waals surface area contributed by atoms with Crippen LogP contribution in [0, 0.1) is 4.91 Å².